The van der Waals surface area contributed by atoms with Crippen LogP contribution in [-0.4, -0.2) is 10.6 Å². The molecule has 0 bridgehead atoms. The quantitative estimate of drug-likeness (QED) is 0.295. The van der Waals surface area contributed by atoms with Gasteiger partial charge in [0.05, 0.1) is 0 Å². The predicted molar refractivity (Wildman–Crippen MR) is 133 cm³/mol. The van der Waals surface area contributed by atoms with Gasteiger partial charge in [-0.2, -0.15) is 0 Å². The van der Waals surface area contributed by atoms with Crippen LogP contribution in [0.4, 0.5) is 0 Å². The first kappa shape index (κ1) is 22.0. The standard InChI is InChI=1S/C27H28Cl2N2/c1-19(12-13-21-8-4-3-5-9-21)30-17-25-20(2)31(27-11-7-6-10-24(25)27)18-22-14-15-23(28)16-26(22)29/h3-11,14-16,19,30H,12-13,17-18H2,1-2H3/t19-/m1/s1. The van der Waals surface area contributed by atoms with Gasteiger partial charge in [-0.3, -0.25) is 0 Å². The second kappa shape index (κ2) is 9.91. The summed E-state index contributed by atoms with van der Waals surface area (Å²) >= 11 is 12.6. The third-order valence-electron chi connectivity index (χ3n) is 6.04. The molecule has 4 heteroatoms. The Hall–Kier alpha value is -2.26. The third-order valence-corrected chi connectivity index (χ3v) is 6.63. The van der Waals surface area contributed by atoms with E-state index in [1.54, 1.807) is 0 Å². The Morgan fingerprint density at radius 2 is 1.68 bits per heavy atom. The van der Waals surface area contributed by atoms with Crippen LogP contribution in [0.1, 0.15) is 35.7 Å². The second-order valence-corrected chi connectivity index (χ2v) is 9.05. The smallest absolute Gasteiger partial charge is 0.0493 e. The van der Waals surface area contributed by atoms with Crippen molar-refractivity contribution in [3.8, 4) is 0 Å². The van der Waals surface area contributed by atoms with Gasteiger partial charge in [-0.25, -0.2) is 0 Å². The van der Waals surface area contributed by atoms with Gasteiger partial charge in [-0.05, 0) is 61.6 Å². The number of benzene rings is 3. The molecule has 3 aromatic carbocycles. The Morgan fingerprint density at radius 3 is 2.45 bits per heavy atom. The number of halogens is 2. The van der Waals surface area contributed by atoms with Crippen molar-refractivity contribution < 1.29 is 0 Å². The summed E-state index contributed by atoms with van der Waals surface area (Å²) < 4.78 is 2.36. The van der Waals surface area contributed by atoms with E-state index in [0.717, 1.165) is 31.5 Å². The van der Waals surface area contributed by atoms with Crippen LogP contribution < -0.4 is 5.32 Å². The molecule has 0 radical (unpaired) electrons. The van der Waals surface area contributed by atoms with Crippen molar-refractivity contribution in [3.05, 3.63) is 105 Å². The summed E-state index contributed by atoms with van der Waals surface area (Å²) in [6, 6.07) is 25.5. The fourth-order valence-electron chi connectivity index (χ4n) is 4.16. The van der Waals surface area contributed by atoms with Gasteiger partial charge in [0.25, 0.3) is 0 Å². The second-order valence-electron chi connectivity index (χ2n) is 8.21. The van der Waals surface area contributed by atoms with E-state index in [2.05, 4.69) is 78.3 Å². The van der Waals surface area contributed by atoms with Crippen LogP contribution in [0.25, 0.3) is 10.9 Å². The molecular formula is C27H28Cl2N2. The minimum Gasteiger partial charge on any atom is -0.340 e. The highest BCUT2D eigenvalue weighted by molar-refractivity contribution is 6.35. The van der Waals surface area contributed by atoms with Gasteiger partial charge in [0.1, 0.15) is 0 Å². The highest BCUT2D eigenvalue weighted by Gasteiger charge is 2.15. The molecule has 0 saturated heterocycles. The average molecular weight is 451 g/mol. The van der Waals surface area contributed by atoms with Crippen LogP contribution in [-0.2, 0) is 19.5 Å². The van der Waals surface area contributed by atoms with Crippen LogP contribution in [0, 0.1) is 6.92 Å². The predicted octanol–water partition coefficient (Wildman–Crippen LogP) is 7.42. The molecule has 160 valence electrons. The Labute approximate surface area is 194 Å². The van der Waals surface area contributed by atoms with E-state index in [9.17, 15) is 0 Å². The molecule has 1 N–H and O–H groups in total. The molecule has 1 atom stereocenters. The van der Waals surface area contributed by atoms with Crippen molar-refractivity contribution in [3.63, 3.8) is 0 Å². The zero-order chi connectivity index (χ0) is 21.8. The molecule has 1 aromatic heterocycles. The number of fused-ring (bicyclic) bond motifs is 1. The number of aromatic nitrogens is 1. The van der Waals surface area contributed by atoms with E-state index in [0.29, 0.717) is 16.1 Å². The van der Waals surface area contributed by atoms with Gasteiger partial charge in [0.15, 0.2) is 0 Å². The Kier molecular flexibility index (Phi) is 7.02. The maximum atomic E-state index is 6.47. The number of rotatable bonds is 8. The topological polar surface area (TPSA) is 17.0 Å². The zero-order valence-corrected chi connectivity index (χ0v) is 19.5. The first-order valence-electron chi connectivity index (χ1n) is 10.8. The van der Waals surface area contributed by atoms with Crippen molar-refractivity contribution in [2.24, 2.45) is 0 Å². The van der Waals surface area contributed by atoms with Crippen LogP contribution in [0.2, 0.25) is 10.0 Å². The van der Waals surface area contributed by atoms with Gasteiger partial charge in [-0.1, -0.05) is 77.8 Å². The van der Waals surface area contributed by atoms with Gasteiger partial charge in [-0.15, -0.1) is 0 Å². The lowest BCUT2D eigenvalue weighted by Gasteiger charge is -2.15. The lowest BCUT2D eigenvalue weighted by atomic mass is 10.1. The van der Waals surface area contributed by atoms with Crippen molar-refractivity contribution in [1.29, 1.82) is 0 Å². The van der Waals surface area contributed by atoms with Crippen molar-refractivity contribution in [1.82, 2.24) is 9.88 Å². The minimum absolute atomic E-state index is 0.437. The van der Waals surface area contributed by atoms with E-state index in [-0.39, 0.29) is 0 Å². The SMILES string of the molecule is Cc1c(CN[C@H](C)CCc2ccccc2)c2ccccc2n1Cc1ccc(Cl)cc1Cl. The summed E-state index contributed by atoms with van der Waals surface area (Å²) in [6.45, 7) is 6.05. The molecule has 0 aliphatic carbocycles. The number of nitrogens with zero attached hydrogens (tertiary/aromatic N) is 1. The Morgan fingerprint density at radius 1 is 0.935 bits per heavy atom. The summed E-state index contributed by atoms with van der Waals surface area (Å²) in [6.07, 6.45) is 2.20. The summed E-state index contributed by atoms with van der Waals surface area (Å²) in [5, 5.41) is 6.41. The van der Waals surface area contributed by atoms with Crippen LogP contribution in [0.5, 0.6) is 0 Å². The molecule has 0 saturated carbocycles. The normalized spacial score (nSPS) is 12.4. The zero-order valence-electron chi connectivity index (χ0n) is 18.0. The van der Waals surface area contributed by atoms with Crippen LogP contribution in [0.3, 0.4) is 0 Å². The fraction of sp³-hybridized carbons (Fsp3) is 0.259. The highest BCUT2D eigenvalue weighted by atomic mass is 35.5. The Balaban J connectivity index is 1.52. The first-order valence-corrected chi connectivity index (χ1v) is 11.6. The maximum Gasteiger partial charge on any atom is 0.0493 e. The third kappa shape index (κ3) is 5.15. The van der Waals surface area contributed by atoms with Gasteiger partial charge >= 0.3 is 0 Å². The number of hydrogen-bond donors (Lipinski definition) is 1. The molecule has 0 fully saturated rings. The monoisotopic (exact) mass is 450 g/mol. The molecule has 4 aromatic rings. The summed E-state index contributed by atoms with van der Waals surface area (Å²) in [4.78, 5) is 0. The van der Waals surface area contributed by atoms with Crippen molar-refractivity contribution in [2.45, 2.75) is 45.8 Å². The van der Waals surface area contributed by atoms with Crippen molar-refractivity contribution in [2.75, 3.05) is 0 Å². The molecular weight excluding hydrogens is 423 g/mol. The molecule has 0 aliphatic rings. The van der Waals surface area contributed by atoms with Crippen molar-refractivity contribution >= 4 is 34.1 Å². The minimum atomic E-state index is 0.437. The first-order chi connectivity index (χ1) is 15.0. The number of hydrogen-bond acceptors (Lipinski definition) is 1. The molecule has 1 heterocycles. The maximum absolute atomic E-state index is 6.47. The molecule has 4 rings (SSSR count). The van der Waals surface area contributed by atoms with E-state index in [4.69, 9.17) is 23.2 Å². The molecule has 2 nitrogen and oxygen atoms in total. The average Bonchev–Trinajstić information content (AvgIpc) is 3.04. The lowest BCUT2D eigenvalue weighted by molar-refractivity contribution is 0.513. The highest BCUT2D eigenvalue weighted by Crippen LogP contribution is 2.29. The summed E-state index contributed by atoms with van der Waals surface area (Å²) in [5.74, 6) is 0. The number of para-hydroxylation sites is 1. The van der Waals surface area contributed by atoms with E-state index >= 15 is 0 Å². The molecule has 0 amide bonds. The molecule has 0 aliphatic heterocycles. The van der Waals surface area contributed by atoms with Gasteiger partial charge in [0, 0.05) is 45.8 Å². The molecule has 0 unspecified atom stereocenters. The van der Waals surface area contributed by atoms with E-state index < -0.39 is 0 Å². The van der Waals surface area contributed by atoms with E-state index in [1.165, 1.54) is 27.7 Å². The largest absolute Gasteiger partial charge is 0.340 e. The van der Waals surface area contributed by atoms with E-state index in [1.807, 2.05) is 18.2 Å². The fourth-order valence-corrected chi connectivity index (χ4v) is 4.62. The van der Waals surface area contributed by atoms with Gasteiger partial charge in [0.2, 0.25) is 0 Å². The van der Waals surface area contributed by atoms with Crippen LogP contribution >= 0.6 is 23.2 Å². The van der Waals surface area contributed by atoms with Crippen LogP contribution in [0.15, 0.2) is 72.8 Å². The summed E-state index contributed by atoms with van der Waals surface area (Å²) in [5.41, 5.74) is 6.33. The summed E-state index contributed by atoms with van der Waals surface area (Å²) in [7, 11) is 0. The van der Waals surface area contributed by atoms with Gasteiger partial charge < -0.3 is 9.88 Å². The number of nitrogens with one attached hydrogen (secondary N) is 1. The molecule has 31 heavy (non-hydrogen) atoms. The Bertz CT molecular complexity index is 1160. The number of aryl methyl sites for hydroxylation is 1. The lowest BCUT2D eigenvalue weighted by Crippen LogP contribution is -2.26. The molecule has 0 spiro atoms.